The summed E-state index contributed by atoms with van der Waals surface area (Å²) in [5.41, 5.74) is 1.70. The van der Waals surface area contributed by atoms with Gasteiger partial charge in [-0.15, -0.1) is 0 Å². The lowest BCUT2D eigenvalue weighted by Crippen LogP contribution is -2.26. The summed E-state index contributed by atoms with van der Waals surface area (Å²) >= 11 is 3.47. The predicted octanol–water partition coefficient (Wildman–Crippen LogP) is 5.09. The summed E-state index contributed by atoms with van der Waals surface area (Å²) in [6, 6.07) is 8.58. The van der Waals surface area contributed by atoms with Crippen LogP contribution in [0.3, 0.4) is 0 Å². The van der Waals surface area contributed by atoms with E-state index in [0.29, 0.717) is 6.04 Å². The lowest BCUT2D eigenvalue weighted by Gasteiger charge is -2.30. The molecule has 0 aliphatic heterocycles. The Balaban J connectivity index is 1.96. The Kier molecular flexibility index (Phi) is 5.27. The average Bonchev–Trinajstić information content (AvgIpc) is 2.42. The number of hydrogen-bond donors (Lipinski definition) is 1. The fourth-order valence-corrected chi connectivity index (χ4v) is 3.32. The molecule has 0 radical (unpaired) electrons. The Hall–Kier alpha value is -1.01. The van der Waals surface area contributed by atoms with Gasteiger partial charge in [-0.05, 0) is 49.8 Å². The molecule has 2 nitrogen and oxygen atoms in total. The molecule has 0 bridgehead atoms. The Morgan fingerprint density at radius 2 is 2.05 bits per heavy atom. The molecular weight excluding hydrogens is 300 g/mol. The summed E-state index contributed by atoms with van der Waals surface area (Å²) in [4.78, 5) is 0. The smallest absolute Gasteiger partial charge is 0.101 e. The van der Waals surface area contributed by atoms with Crippen LogP contribution in [-0.4, -0.2) is 6.04 Å². The second-order valence-corrected chi connectivity index (χ2v) is 6.37. The first-order valence-electron chi connectivity index (χ1n) is 7.19. The van der Waals surface area contributed by atoms with E-state index in [2.05, 4.69) is 34.2 Å². The molecular formula is C16H21BrN2. The van der Waals surface area contributed by atoms with Crippen molar-refractivity contribution in [1.82, 2.24) is 0 Å². The van der Waals surface area contributed by atoms with Crippen molar-refractivity contribution >= 4 is 21.6 Å². The molecule has 0 atom stereocenters. The van der Waals surface area contributed by atoms with Crippen molar-refractivity contribution in [3.63, 3.8) is 0 Å². The molecule has 102 valence electrons. The highest BCUT2D eigenvalue weighted by Crippen LogP contribution is 2.30. The molecule has 1 aromatic rings. The topological polar surface area (TPSA) is 35.8 Å². The summed E-state index contributed by atoms with van der Waals surface area (Å²) in [5, 5.41) is 12.7. The molecule has 0 heterocycles. The van der Waals surface area contributed by atoms with Crippen LogP contribution in [-0.2, 0) is 0 Å². The lowest BCUT2D eigenvalue weighted by atomic mass is 9.83. The number of halogens is 1. The Labute approximate surface area is 124 Å². The zero-order valence-electron chi connectivity index (χ0n) is 11.5. The second kappa shape index (κ2) is 6.96. The molecule has 3 heteroatoms. The van der Waals surface area contributed by atoms with E-state index in [-0.39, 0.29) is 0 Å². The van der Waals surface area contributed by atoms with Gasteiger partial charge in [0.15, 0.2) is 0 Å². The molecule has 1 fully saturated rings. The van der Waals surface area contributed by atoms with E-state index in [9.17, 15) is 0 Å². The van der Waals surface area contributed by atoms with Crippen LogP contribution in [0, 0.1) is 17.2 Å². The van der Waals surface area contributed by atoms with Crippen molar-refractivity contribution in [3.8, 4) is 6.07 Å². The highest BCUT2D eigenvalue weighted by Gasteiger charge is 2.21. The third-order valence-electron chi connectivity index (χ3n) is 4.01. The molecule has 19 heavy (non-hydrogen) atoms. The predicted molar refractivity (Wildman–Crippen MR) is 83.1 cm³/mol. The Morgan fingerprint density at radius 1 is 1.32 bits per heavy atom. The molecule has 0 spiro atoms. The van der Waals surface area contributed by atoms with Crippen LogP contribution in [0.4, 0.5) is 5.69 Å². The van der Waals surface area contributed by atoms with E-state index in [4.69, 9.17) is 5.26 Å². The maximum absolute atomic E-state index is 9.15. The van der Waals surface area contributed by atoms with Crippen LogP contribution < -0.4 is 5.32 Å². The first-order valence-corrected chi connectivity index (χ1v) is 7.98. The summed E-state index contributed by atoms with van der Waals surface area (Å²) in [7, 11) is 0. The van der Waals surface area contributed by atoms with Gasteiger partial charge in [0.2, 0.25) is 0 Å². The van der Waals surface area contributed by atoms with E-state index in [0.717, 1.165) is 21.6 Å². The number of nitriles is 1. The molecule has 0 amide bonds. The third kappa shape index (κ3) is 3.98. The number of nitrogens with one attached hydrogen (secondary N) is 1. The SMILES string of the molecule is CCCC1CCC(Nc2cc(Br)ccc2C#N)CC1. The van der Waals surface area contributed by atoms with Gasteiger partial charge in [-0.3, -0.25) is 0 Å². The van der Waals surface area contributed by atoms with Crippen molar-refractivity contribution in [2.75, 3.05) is 5.32 Å². The van der Waals surface area contributed by atoms with Crippen LogP contribution in [0.15, 0.2) is 22.7 Å². The van der Waals surface area contributed by atoms with Gasteiger partial charge in [-0.1, -0.05) is 35.7 Å². The van der Waals surface area contributed by atoms with E-state index in [1.807, 2.05) is 18.2 Å². The van der Waals surface area contributed by atoms with Crippen molar-refractivity contribution in [3.05, 3.63) is 28.2 Å². The molecule has 2 rings (SSSR count). The molecule has 1 aromatic carbocycles. The fourth-order valence-electron chi connectivity index (χ4n) is 2.96. The van der Waals surface area contributed by atoms with E-state index in [1.54, 1.807) is 0 Å². The summed E-state index contributed by atoms with van der Waals surface area (Å²) in [6.45, 7) is 2.27. The average molecular weight is 321 g/mol. The van der Waals surface area contributed by atoms with Crippen LogP contribution >= 0.6 is 15.9 Å². The number of anilines is 1. The minimum absolute atomic E-state index is 0.523. The van der Waals surface area contributed by atoms with Crippen molar-refractivity contribution in [2.45, 2.75) is 51.5 Å². The fraction of sp³-hybridized carbons (Fsp3) is 0.562. The maximum atomic E-state index is 9.15. The van der Waals surface area contributed by atoms with E-state index >= 15 is 0 Å². The zero-order chi connectivity index (χ0) is 13.7. The van der Waals surface area contributed by atoms with E-state index in [1.165, 1.54) is 38.5 Å². The molecule has 0 unspecified atom stereocenters. The maximum Gasteiger partial charge on any atom is 0.101 e. The highest BCUT2D eigenvalue weighted by atomic mass is 79.9. The van der Waals surface area contributed by atoms with Crippen LogP contribution in [0.25, 0.3) is 0 Å². The van der Waals surface area contributed by atoms with Crippen LogP contribution in [0.2, 0.25) is 0 Å². The van der Waals surface area contributed by atoms with Gasteiger partial charge in [0.1, 0.15) is 6.07 Å². The van der Waals surface area contributed by atoms with Gasteiger partial charge >= 0.3 is 0 Å². The van der Waals surface area contributed by atoms with Crippen molar-refractivity contribution in [2.24, 2.45) is 5.92 Å². The van der Waals surface area contributed by atoms with Gasteiger partial charge in [-0.2, -0.15) is 5.26 Å². The second-order valence-electron chi connectivity index (χ2n) is 5.45. The number of rotatable bonds is 4. The number of hydrogen-bond acceptors (Lipinski definition) is 2. The summed E-state index contributed by atoms with van der Waals surface area (Å²) < 4.78 is 1.02. The normalized spacial score (nSPS) is 22.8. The van der Waals surface area contributed by atoms with Crippen LogP contribution in [0.1, 0.15) is 51.0 Å². The van der Waals surface area contributed by atoms with Crippen molar-refractivity contribution in [1.29, 1.82) is 5.26 Å². The first-order chi connectivity index (χ1) is 9.22. The monoisotopic (exact) mass is 320 g/mol. The third-order valence-corrected chi connectivity index (χ3v) is 4.50. The molecule has 1 N–H and O–H groups in total. The van der Waals surface area contributed by atoms with Gasteiger partial charge in [0.05, 0.1) is 11.3 Å². The number of nitrogens with zero attached hydrogens (tertiary/aromatic N) is 1. The molecule has 0 aromatic heterocycles. The first kappa shape index (κ1) is 14.4. The minimum atomic E-state index is 0.523. The molecule has 1 aliphatic rings. The van der Waals surface area contributed by atoms with Gasteiger partial charge in [0, 0.05) is 10.5 Å². The van der Waals surface area contributed by atoms with E-state index < -0.39 is 0 Å². The standard InChI is InChI=1S/C16H21BrN2/c1-2-3-12-4-8-15(9-5-12)19-16-10-14(17)7-6-13(16)11-18/h6-7,10,12,15,19H,2-5,8-9H2,1H3. The molecule has 0 saturated heterocycles. The van der Waals surface area contributed by atoms with Crippen LogP contribution in [0.5, 0.6) is 0 Å². The largest absolute Gasteiger partial charge is 0.381 e. The molecule has 1 saturated carbocycles. The summed E-state index contributed by atoms with van der Waals surface area (Å²) in [6.07, 6.45) is 7.76. The van der Waals surface area contributed by atoms with Gasteiger partial charge in [0.25, 0.3) is 0 Å². The quantitative estimate of drug-likeness (QED) is 0.838. The minimum Gasteiger partial charge on any atom is -0.381 e. The zero-order valence-corrected chi connectivity index (χ0v) is 13.0. The van der Waals surface area contributed by atoms with Crippen molar-refractivity contribution < 1.29 is 0 Å². The summed E-state index contributed by atoms with van der Waals surface area (Å²) in [5.74, 6) is 0.918. The highest BCUT2D eigenvalue weighted by molar-refractivity contribution is 9.10. The number of benzene rings is 1. The Bertz CT molecular complexity index is 456. The van der Waals surface area contributed by atoms with Gasteiger partial charge < -0.3 is 5.32 Å². The lowest BCUT2D eigenvalue weighted by molar-refractivity contribution is 0.319. The molecule has 1 aliphatic carbocycles. The Morgan fingerprint density at radius 3 is 2.68 bits per heavy atom. The van der Waals surface area contributed by atoms with Gasteiger partial charge in [-0.25, -0.2) is 0 Å².